The first-order chi connectivity index (χ1) is 16.7. The van der Waals surface area contributed by atoms with Gasteiger partial charge in [0.15, 0.2) is 0 Å². The summed E-state index contributed by atoms with van der Waals surface area (Å²) in [7, 11) is 2.06. The molecule has 0 spiro atoms. The van der Waals surface area contributed by atoms with Gasteiger partial charge < -0.3 is 14.6 Å². The van der Waals surface area contributed by atoms with E-state index < -0.39 is 5.60 Å². The third-order valence-electron chi connectivity index (χ3n) is 7.45. The Morgan fingerprint density at radius 2 is 2.06 bits per heavy atom. The Kier molecular flexibility index (Phi) is 5.04. The van der Waals surface area contributed by atoms with Crippen LogP contribution in [0, 0.1) is 5.82 Å². The molecule has 7 heteroatoms. The summed E-state index contributed by atoms with van der Waals surface area (Å²) >= 11 is 0. The van der Waals surface area contributed by atoms with Crippen LogP contribution < -0.4 is 4.90 Å². The SMILES string of the molecule is CN1Cc2c(C3=C[C@H]4CC[C@@H](C3)N4CC(=O)OC(C)(C)C)[nH]c3nccc(c23)-c2cc(F)ccc21. The van der Waals surface area contributed by atoms with Gasteiger partial charge in [0.1, 0.15) is 17.1 Å². The smallest absolute Gasteiger partial charge is 0.320 e. The zero-order chi connectivity index (χ0) is 24.5. The molecule has 0 radical (unpaired) electrons. The normalized spacial score (nSPS) is 21.6. The number of carbonyl (C=O) groups is 1. The van der Waals surface area contributed by atoms with Crippen LogP contribution in [0.1, 0.15) is 51.3 Å². The zero-order valence-electron chi connectivity index (χ0n) is 20.7. The van der Waals surface area contributed by atoms with E-state index in [0.717, 1.165) is 52.8 Å². The fourth-order valence-corrected chi connectivity index (χ4v) is 6.09. The van der Waals surface area contributed by atoms with Gasteiger partial charge in [-0.15, -0.1) is 0 Å². The molecule has 6 nitrogen and oxygen atoms in total. The van der Waals surface area contributed by atoms with E-state index in [0.29, 0.717) is 19.1 Å². The first-order valence-corrected chi connectivity index (χ1v) is 12.4. The molecule has 2 atom stereocenters. The number of benzene rings is 1. The lowest BCUT2D eigenvalue weighted by Crippen LogP contribution is -2.43. The predicted molar refractivity (Wildman–Crippen MR) is 136 cm³/mol. The van der Waals surface area contributed by atoms with Crippen LogP contribution in [0.3, 0.4) is 0 Å². The van der Waals surface area contributed by atoms with Gasteiger partial charge in [-0.1, -0.05) is 6.08 Å². The van der Waals surface area contributed by atoms with Crippen molar-refractivity contribution in [1.82, 2.24) is 14.9 Å². The third-order valence-corrected chi connectivity index (χ3v) is 7.45. The van der Waals surface area contributed by atoms with Crippen LogP contribution in [-0.2, 0) is 16.1 Å². The van der Waals surface area contributed by atoms with Crippen molar-refractivity contribution < 1.29 is 13.9 Å². The number of aromatic nitrogens is 2. The zero-order valence-corrected chi connectivity index (χ0v) is 20.7. The van der Waals surface area contributed by atoms with Gasteiger partial charge in [-0.3, -0.25) is 9.69 Å². The number of carbonyl (C=O) groups excluding carboxylic acids is 1. The Bertz CT molecular complexity index is 1370. The van der Waals surface area contributed by atoms with E-state index in [1.54, 1.807) is 12.3 Å². The van der Waals surface area contributed by atoms with Crippen LogP contribution in [0.4, 0.5) is 10.1 Å². The number of nitrogens with zero attached hydrogens (tertiary/aromatic N) is 3. The molecular formula is C28H31FN4O2. The fraction of sp³-hybridized carbons (Fsp3) is 0.429. The van der Waals surface area contributed by atoms with Gasteiger partial charge >= 0.3 is 5.97 Å². The molecule has 2 bridgehead atoms. The molecule has 1 N–H and O–H groups in total. The minimum Gasteiger partial charge on any atom is -0.459 e. The number of nitrogens with one attached hydrogen (secondary N) is 1. The topological polar surface area (TPSA) is 61.5 Å². The van der Waals surface area contributed by atoms with Crippen molar-refractivity contribution in [3.8, 4) is 11.1 Å². The van der Waals surface area contributed by atoms with E-state index in [1.807, 2.05) is 32.9 Å². The van der Waals surface area contributed by atoms with Crippen molar-refractivity contribution in [2.24, 2.45) is 0 Å². The molecule has 1 saturated heterocycles. The fourth-order valence-electron chi connectivity index (χ4n) is 6.09. The lowest BCUT2D eigenvalue weighted by Gasteiger charge is -2.34. The summed E-state index contributed by atoms with van der Waals surface area (Å²) in [6.07, 6.45) is 7.10. The average Bonchev–Trinajstić information content (AvgIpc) is 3.19. The van der Waals surface area contributed by atoms with Gasteiger partial charge in [-0.2, -0.15) is 0 Å². The highest BCUT2D eigenvalue weighted by Crippen LogP contribution is 2.45. The van der Waals surface area contributed by atoms with E-state index in [-0.39, 0.29) is 17.8 Å². The van der Waals surface area contributed by atoms with Gasteiger partial charge in [0.2, 0.25) is 0 Å². The maximum atomic E-state index is 14.2. The van der Waals surface area contributed by atoms with Crippen molar-refractivity contribution in [2.75, 3.05) is 18.5 Å². The molecule has 182 valence electrons. The number of hydrogen-bond donors (Lipinski definition) is 1. The summed E-state index contributed by atoms with van der Waals surface area (Å²) in [5.74, 6) is -0.401. The van der Waals surface area contributed by atoms with E-state index in [9.17, 15) is 9.18 Å². The number of H-pyrrole nitrogens is 1. The summed E-state index contributed by atoms with van der Waals surface area (Å²) in [6.45, 7) is 6.75. The molecule has 5 heterocycles. The van der Waals surface area contributed by atoms with E-state index >= 15 is 0 Å². The maximum Gasteiger partial charge on any atom is 0.320 e. The molecule has 0 amide bonds. The predicted octanol–water partition coefficient (Wildman–Crippen LogP) is 5.28. The second kappa shape index (κ2) is 7.92. The van der Waals surface area contributed by atoms with Gasteiger partial charge in [0.05, 0.1) is 6.54 Å². The van der Waals surface area contributed by atoms with Crippen LogP contribution in [0.2, 0.25) is 0 Å². The van der Waals surface area contributed by atoms with Crippen molar-refractivity contribution in [1.29, 1.82) is 0 Å². The Morgan fingerprint density at radius 1 is 1.23 bits per heavy atom. The van der Waals surface area contributed by atoms with Crippen LogP contribution in [0.25, 0.3) is 27.7 Å². The summed E-state index contributed by atoms with van der Waals surface area (Å²) in [4.78, 5) is 25.3. The Hall–Kier alpha value is -3.19. The Balaban J connectivity index is 1.38. The quantitative estimate of drug-likeness (QED) is 0.524. The van der Waals surface area contributed by atoms with Crippen LogP contribution in [-0.4, -0.2) is 52.1 Å². The summed E-state index contributed by atoms with van der Waals surface area (Å²) < 4.78 is 19.8. The first kappa shape index (κ1) is 22.3. The van der Waals surface area contributed by atoms with Gasteiger partial charge in [-0.25, -0.2) is 9.37 Å². The Morgan fingerprint density at radius 3 is 2.83 bits per heavy atom. The maximum absolute atomic E-state index is 14.2. The van der Waals surface area contributed by atoms with Crippen molar-refractivity contribution >= 4 is 28.3 Å². The second-order valence-corrected chi connectivity index (χ2v) is 11.0. The van der Waals surface area contributed by atoms with E-state index in [1.165, 1.54) is 17.2 Å². The molecular weight excluding hydrogens is 443 g/mol. The largest absolute Gasteiger partial charge is 0.459 e. The molecule has 0 unspecified atom stereocenters. The number of ether oxygens (including phenoxy) is 1. The van der Waals surface area contributed by atoms with Gasteiger partial charge in [0.25, 0.3) is 0 Å². The number of hydrogen-bond acceptors (Lipinski definition) is 5. The molecule has 1 fully saturated rings. The highest BCUT2D eigenvalue weighted by atomic mass is 19.1. The minimum atomic E-state index is -0.477. The highest BCUT2D eigenvalue weighted by Gasteiger charge is 2.39. The highest BCUT2D eigenvalue weighted by molar-refractivity contribution is 6.02. The molecule has 3 aliphatic heterocycles. The Labute approximate surface area is 204 Å². The standard InChI is InChI=1S/C28H31FN4O2/c1-28(2,3)35-24(34)15-33-18-6-7-19(33)12-16(11-18)26-22-14-32(4)23-8-5-17(29)13-21(23)20-9-10-30-27(31-26)25(20)22/h5,8-11,13,18-19H,6-7,12,14-15H2,1-4H3,(H,30,31)/t18-,19+/m1/s1. The summed E-state index contributed by atoms with van der Waals surface area (Å²) in [5, 5.41) is 1.07. The first-order valence-electron chi connectivity index (χ1n) is 12.4. The third kappa shape index (κ3) is 3.82. The van der Waals surface area contributed by atoms with Crippen LogP contribution in [0.5, 0.6) is 0 Å². The minimum absolute atomic E-state index is 0.163. The lowest BCUT2D eigenvalue weighted by molar-refractivity contribution is -0.156. The number of pyridine rings is 1. The number of esters is 1. The number of fused-ring (bicyclic) bond motifs is 4. The molecule has 3 aromatic rings. The van der Waals surface area contributed by atoms with E-state index in [4.69, 9.17) is 4.74 Å². The van der Waals surface area contributed by atoms with Crippen molar-refractivity contribution in [3.05, 3.63) is 53.6 Å². The van der Waals surface area contributed by atoms with Gasteiger partial charge in [0, 0.05) is 59.8 Å². The molecule has 6 rings (SSSR count). The number of halogens is 1. The molecule has 3 aliphatic rings. The average molecular weight is 475 g/mol. The molecule has 0 aliphatic carbocycles. The van der Waals surface area contributed by atoms with Crippen LogP contribution in [0.15, 0.2) is 36.5 Å². The number of aromatic amines is 1. The molecule has 0 saturated carbocycles. The summed E-state index contributed by atoms with van der Waals surface area (Å²) in [5.41, 5.74) is 6.88. The summed E-state index contributed by atoms with van der Waals surface area (Å²) in [6, 6.07) is 7.53. The van der Waals surface area contributed by atoms with Crippen molar-refractivity contribution in [3.63, 3.8) is 0 Å². The number of rotatable bonds is 3. The monoisotopic (exact) mass is 474 g/mol. The second-order valence-electron chi connectivity index (χ2n) is 11.0. The lowest BCUT2D eigenvalue weighted by atomic mass is 9.94. The molecule has 2 aromatic heterocycles. The van der Waals surface area contributed by atoms with Crippen LogP contribution >= 0.6 is 0 Å². The molecule has 35 heavy (non-hydrogen) atoms. The molecule has 1 aromatic carbocycles. The number of anilines is 1. The van der Waals surface area contributed by atoms with E-state index in [2.05, 4.69) is 32.9 Å². The van der Waals surface area contributed by atoms with Crippen molar-refractivity contribution in [2.45, 2.75) is 64.3 Å². The van der Waals surface area contributed by atoms with Gasteiger partial charge in [-0.05, 0) is 75.4 Å².